The van der Waals surface area contributed by atoms with E-state index in [1.54, 1.807) is 12.1 Å². The highest BCUT2D eigenvalue weighted by molar-refractivity contribution is 5.24. The number of likely N-dealkylation sites (tertiary alicyclic amines) is 1. The summed E-state index contributed by atoms with van der Waals surface area (Å²) in [5.74, 6) is 0.743. The van der Waals surface area contributed by atoms with Gasteiger partial charge in [0.15, 0.2) is 0 Å². The van der Waals surface area contributed by atoms with Crippen LogP contribution in [0, 0.1) is 5.92 Å². The van der Waals surface area contributed by atoms with Gasteiger partial charge in [0.2, 0.25) is 0 Å². The highest BCUT2D eigenvalue weighted by Crippen LogP contribution is 2.26. The van der Waals surface area contributed by atoms with Crippen molar-refractivity contribution in [3.8, 4) is 0 Å². The Labute approximate surface area is 112 Å². The van der Waals surface area contributed by atoms with Crippen molar-refractivity contribution in [1.82, 2.24) is 10.2 Å². The average molecular weight is 266 g/mol. The van der Waals surface area contributed by atoms with Gasteiger partial charge in [0.1, 0.15) is 0 Å². The second-order valence-corrected chi connectivity index (χ2v) is 5.68. The summed E-state index contributed by atoms with van der Waals surface area (Å²) in [5.41, 5.74) is 1.14. The van der Waals surface area contributed by atoms with Crippen molar-refractivity contribution in [3.63, 3.8) is 0 Å². The summed E-state index contributed by atoms with van der Waals surface area (Å²) in [6, 6.07) is 7.51. The van der Waals surface area contributed by atoms with Crippen LogP contribution >= 0.6 is 0 Å². The molecule has 0 amide bonds. The molecule has 1 aromatic carbocycles. The lowest BCUT2D eigenvalue weighted by atomic mass is 9.93. The Morgan fingerprint density at radius 2 is 2.21 bits per heavy atom. The predicted molar refractivity (Wildman–Crippen MR) is 71.2 cm³/mol. The summed E-state index contributed by atoms with van der Waals surface area (Å²) in [6.45, 7) is 4.08. The Morgan fingerprint density at radius 3 is 3.05 bits per heavy atom. The molecule has 2 heterocycles. The maximum Gasteiger partial charge on any atom is 0.263 e. The van der Waals surface area contributed by atoms with Gasteiger partial charge in [-0.2, -0.15) is 0 Å². The summed E-state index contributed by atoms with van der Waals surface area (Å²) in [6.07, 6.45) is 0.0574. The molecule has 19 heavy (non-hydrogen) atoms. The zero-order chi connectivity index (χ0) is 13.2. The minimum atomic E-state index is -2.37. The third-order valence-corrected chi connectivity index (χ3v) is 4.35. The van der Waals surface area contributed by atoms with Crippen molar-refractivity contribution in [2.24, 2.45) is 5.92 Å². The quantitative estimate of drug-likeness (QED) is 0.905. The van der Waals surface area contributed by atoms with Crippen LogP contribution in [-0.2, 0) is 6.54 Å². The number of hydrogen-bond acceptors (Lipinski definition) is 2. The van der Waals surface area contributed by atoms with Gasteiger partial charge in [-0.3, -0.25) is 4.90 Å². The fraction of sp³-hybridized carbons (Fsp3) is 0.600. The molecule has 0 bridgehead atoms. The van der Waals surface area contributed by atoms with Gasteiger partial charge in [0.05, 0.1) is 0 Å². The molecule has 1 aromatic rings. The van der Waals surface area contributed by atoms with E-state index in [0.717, 1.165) is 37.7 Å². The molecule has 2 aliphatic rings. The van der Waals surface area contributed by atoms with Crippen molar-refractivity contribution in [2.45, 2.75) is 31.9 Å². The molecule has 0 spiro atoms. The molecule has 0 saturated carbocycles. The maximum absolute atomic E-state index is 12.7. The largest absolute Gasteiger partial charge is 0.314 e. The monoisotopic (exact) mass is 266 g/mol. The molecule has 4 heteroatoms. The van der Waals surface area contributed by atoms with Crippen molar-refractivity contribution in [3.05, 3.63) is 35.4 Å². The lowest BCUT2D eigenvalue weighted by molar-refractivity contribution is 0.149. The van der Waals surface area contributed by atoms with Gasteiger partial charge in [-0.1, -0.05) is 18.2 Å². The van der Waals surface area contributed by atoms with Gasteiger partial charge in [-0.15, -0.1) is 0 Å². The van der Waals surface area contributed by atoms with E-state index in [-0.39, 0.29) is 5.56 Å². The van der Waals surface area contributed by atoms with E-state index < -0.39 is 6.43 Å². The van der Waals surface area contributed by atoms with Gasteiger partial charge in [0.25, 0.3) is 6.43 Å². The van der Waals surface area contributed by atoms with Crippen molar-refractivity contribution < 1.29 is 8.78 Å². The van der Waals surface area contributed by atoms with E-state index in [0.29, 0.717) is 6.04 Å². The number of nitrogens with one attached hydrogen (secondary N) is 1. The minimum absolute atomic E-state index is 0.134. The smallest absolute Gasteiger partial charge is 0.263 e. The van der Waals surface area contributed by atoms with E-state index in [1.165, 1.54) is 18.9 Å². The molecule has 2 fully saturated rings. The van der Waals surface area contributed by atoms with Crippen LogP contribution < -0.4 is 5.32 Å². The van der Waals surface area contributed by atoms with E-state index in [9.17, 15) is 8.78 Å². The Balaban J connectivity index is 1.63. The van der Waals surface area contributed by atoms with Gasteiger partial charge < -0.3 is 5.32 Å². The molecule has 3 rings (SSSR count). The molecule has 0 radical (unpaired) electrons. The zero-order valence-corrected chi connectivity index (χ0v) is 11.0. The third-order valence-electron chi connectivity index (χ3n) is 4.35. The van der Waals surface area contributed by atoms with E-state index in [2.05, 4.69) is 10.2 Å². The molecule has 2 unspecified atom stereocenters. The first-order valence-corrected chi connectivity index (χ1v) is 7.05. The van der Waals surface area contributed by atoms with Crippen LogP contribution in [0.1, 0.15) is 30.4 Å². The van der Waals surface area contributed by atoms with E-state index in [1.807, 2.05) is 6.07 Å². The fourth-order valence-corrected chi connectivity index (χ4v) is 3.35. The zero-order valence-electron chi connectivity index (χ0n) is 11.0. The molecular formula is C15H20F2N2. The summed E-state index contributed by atoms with van der Waals surface area (Å²) in [4.78, 5) is 2.40. The SMILES string of the molecule is FC(F)c1cccc(CN2CCC3NCCC3C2)c1. The summed E-state index contributed by atoms with van der Waals surface area (Å²) < 4.78 is 25.4. The molecular weight excluding hydrogens is 246 g/mol. The van der Waals surface area contributed by atoms with Crippen LogP contribution in [0.15, 0.2) is 24.3 Å². The van der Waals surface area contributed by atoms with E-state index in [4.69, 9.17) is 0 Å². The molecule has 0 aliphatic carbocycles. The third kappa shape index (κ3) is 2.95. The first-order chi connectivity index (χ1) is 9.22. The Hall–Kier alpha value is -1.00. The van der Waals surface area contributed by atoms with Gasteiger partial charge in [0, 0.05) is 24.7 Å². The van der Waals surface area contributed by atoms with Crippen LogP contribution in [-0.4, -0.2) is 30.6 Å². The summed E-state index contributed by atoms with van der Waals surface area (Å²) >= 11 is 0. The average Bonchev–Trinajstić information content (AvgIpc) is 2.86. The normalized spacial score (nSPS) is 27.7. The van der Waals surface area contributed by atoms with Crippen molar-refractivity contribution in [2.75, 3.05) is 19.6 Å². The second-order valence-electron chi connectivity index (χ2n) is 5.68. The Kier molecular flexibility index (Phi) is 3.80. The highest BCUT2D eigenvalue weighted by atomic mass is 19.3. The first kappa shape index (κ1) is 13.0. The number of hydrogen-bond donors (Lipinski definition) is 1. The summed E-state index contributed by atoms with van der Waals surface area (Å²) in [5, 5.41) is 3.54. The maximum atomic E-state index is 12.7. The number of nitrogens with zero attached hydrogens (tertiary/aromatic N) is 1. The molecule has 2 atom stereocenters. The topological polar surface area (TPSA) is 15.3 Å². The fourth-order valence-electron chi connectivity index (χ4n) is 3.35. The number of halogens is 2. The second kappa shape index (κ2) is 5.55. The molecule has 0 aromatic heterocycles. The highest BCUT2D eigenvalue weighted by Gasteiger charge is 2.32. The Morgan fingerprint density at radius 1 is 1.32 bits per heavy atom. The Bertz CT molecular complexity index is 436. The number of alkyl halides is 2. The molecule has 2 saturated heterocycles. The van der Waals surface area contributed by atoms with Crippen molar-refractivity contribution in [1.29, 1.82) is 0 Å². The molecule has 2 aliphatic heterocycles. The van der Waals surface area contributed by atoms with Crippen LogP contribution in [0.3, 0.4) is 0 Å². The number of fused-ring (bicyclic) bond motifs is 1. The van der Waals surface area contributed by atoms with E-state index >= 15 is 0 Å². The van der Waals surface area contributed by atoms with Gasteiger partial charge in [-0.25, -0.2) is 8.78 Å². The number of piperidine rings is 1. The molecule has 2 nitrogen and oxygen atoms in total. The standard InChI is InChI=1S/C15H20F2N2/c16-15(17)12-3-1-2-11(8-12)9-19-7-5-14-13(10-19)4-6-18-14/h1-3,8,13-15,18H,4-7,9-10H2. The van der Waals surface area contributed by atoms with Gasteiger partial charge in [-0.05, 0) is 43.5 Å². The van der Waals surface area contributed by atoms with Crippen molar-refractivity contribution >= 4 is 0 Å². The number of rotatable bonds is 3. The lowest BCUT2D eigenvalue weighted by Gasteiger charge is -2.34. The number of benzene rings is 1. The minimum Gasteiger partial charge on any atom is -0.314 e. The van der Waals surface area contributed by atoms with Gasteiger partial charge >= 0.3 is 0 Å². The van der Waals surface area contributed by atoms with Crippen LogP contribution in [0.2, 0.25) is 0 Å². The lowest BCUT2D eigenvalue weighted by Crippen LogP contribution is -2.43. The van der Waals surface area contributed by atoms with Crippen LogP contribution in [0.25, 0.3) is 0 Å². The van der Waals surface area contributed by atoms with Crippen LogP contribution in [0.4, 0.5) is 8.78 Å². The molecule has 1 N–H and O–H groups in total. The first-order valence-electron chi connectivity index (χ1n) is 7.05. The predicted octanol–water partition coefficient (Wildman–Crippen LogP) is 2.81. The van der Waals surface area contributed by atoms with Crippen LogP contribution in [0.5, 0.6) is 0 Å². The summed E-state index contributed by atoms with van der Waals surface area (Å²) in [7, 11) is 0. The molecule has 104 valence electrons.